The predicted octanol–water partition coefficient (Wildman–Crippen LogP) is -1.28. The number of anilines is 1. The van der Waals surface area contributed by atoms with Crippen molar-refractivity contribution in [2.45, 2.75) is 24.5 Å². The number of phosphoric ester groups is 2. The van der Waals surface area contributed by atoms with Crippen LogP contribution in [0.25, 0.3) is 11.2 Å². The van der Waals surface area contributed by atoms with Crippen LogP contribution in [0, 0.1) is 0 Å². The van der Waals surface area contributed by atoms with Gasteiger partial charge in [-0.25, -0.2) is 42.3 Å². The first kappa shape index (κ1) is 36.6. The minimum absolute atomic E-state index is 0.0561. The van der Waals surface area contributed by atoms with Crippen LogP contribution in [0.1, 0.15) is 6.23 Å². The van der Waals surface area contributed by atoms with Gasteiger partial charge >= 0.3 is 46.9 Å². The molecule has 2 aromatic heterocycles. The number of ether oxygens (including phenoxy) is 1. The second-order valence-electron chi connectivity index (χ2n) is 7.69. The summed E-state index contributed by atoms with van der Waals surface area (Å²) < 4.78 is 99.0. The number of fused-ring (bicyclic) bond motifs is 1. The molecule has 0 spiro atoms. The highest BCUT2D eigenvalue weighted by Crippen LogP contribution is 2.68. The van der Waals surface area contributed by atoms with E-state index < -0.39 is 78.1 Å². The number of aliphatic hydroxyl groups is 1. The molecule has 0 aromatic carbocycles. The number of imidazole rings is 1. The van der Waals surface area contributed by atoms with Gasteiger partial charge < -0.3 is 54.7 Å². The zero-order chi connectivity index (χ0) is 32.8. The average Bonchev–Trinajstić information content (AvgIpc) is 3.29. The van der Waals surface area contributed by atoms with Gasteiger partial charge in [0.1, 0.15) is 30.2 Å². The summed E-state index contributed by atoms with van der Waals surface area (Å²) in [5, 5.41) is 10.9. The molecule has 33 heteroatoms. The van der Waals surface area contributed by atoms with E-state index in [-0.39, 0.29) is 17.0 Å². The highest BCUT2D eigenvalue weighted by molar-refractivity contribution is 7.67. The lowest BCUT2D eigenvalue weighted by atomic mass is 10.1. The standard InChI is InChI=1S/C10H19N5O22P6/c11-8-5-9(13-2-12-8)15(3-14-5)10-6(16)7(33-41(25,26)37-43(29,30)35-39(20,21)22)4(32-10)1-31-40(23,24)36-42(27,28)34-38(17,18)19/h2-4,6-7,10,16H,1H2,(H,23,24)(H,25,26)(H,27,28)(H,29,30)(H2,11,12,13)(H2,17,18,19)(H2,20,21,22)/t4-,6-,7-,10-/m1/s1. The lowest BCUT2D eigenvalue weighted by Crippen LogP contribution is -2.36. The minimum Gasteiger partial charge on any atom is -0.386 e. The molecule has 11 N–H and O–H groups in total. The summed E-state index contributed by atoms with van der Waals surface area (Å²) in [5.74, 6) is -0.162. The molecule has 3 rings (SSSR count). The Bertz CT molecular complexity index is 1640. The van der Waals surface area contributed by atoms with Gasteiger partial charge in [-0.1, -0.05) is 0 Å². The van der Waals surface area contributed by atoms with E-state index in [0.717, 1.165) is 17.2 Å². The van der Waals surface area contributed by atoms with Crippen LogP contribution in [0.4, 0.5) is 5.82 Å². The smallest absolute Gasteiger partial charge is 0.386 e. The van der Waals surface area contributed by atoms with Crippen LogP contribution in [-0.4, -0.2) is 88.7 Å². The van der Waals surface area contributed by atoms with Crippen LogP contribution in [0.3, 0.4) is 0 Å². The number of hydrogen-bond donors (Lipinski definition) is 10. The predicted molar refractivity (Wildman–Crippen MR) is 128 cm³/mol. The maximum Gasteiger partial charge on any atom is 0.490 e. The Labute approximate surface area is 236 Å². The summed E-state index contributed by atoms with van der Waals surface area (Å²) >= 11 is 0. The number of nitrogens with two attached hydrogens (primary N) is 1. The molecule has 27 nitrogen and oxygen atoms in total. The van der Waals surface area contributed by atoms with E-state index in [1.54, 1.807) is 0 Å². The van der Waals surface area contributed by atoms with E-state index >= 15 is 0 Å². The molecule has 0 aliphatic carbocycles. The van der Waals surface area contributed by atoms with Crippen molar-refractivity contribution in [1.82, 2.24) is 19.5 Å². The van der Waals surface area contributed by atoms with Crippen molar-refractivity contribution in [3.8, 4) is 0 Å². The van der Waals surface area contributed by atoms with Gasteiger partial charge in [-0.2, -0.15) is 17.2 Å². The Kier molecular flexibility index (Phi) is 10.8. The minimum atomic E-state index is -6.06. The molecule has 1 saturated heterocycles. The van der Waals surface area contributed by atoms with Crippen LogP contribution in [0.5, 0.6) is 0 Å². The third kappa shape index (κ3) is 10.6. The van der Waals surface area contributed by atoms with Gasteiger partial charge in [0.25, 0.3) is 0 Å². The fourth-order valence-electron chi connectivity index (χ4n) is 3.19. The van der Waals surface area contributed by atoms with Crippen molar-refractivity contribution < 1.29 is 103 Å². The van der Waals surface area contributed by atoms with Crippen LogP contribution in [0.2, 0.25) is 0 Å². The molecule has 3 heterocycles. The molecule has 0 bridgehead atoms. The van der Waals surface area contributed by atoms with Crippen molar-refractivity contribution in [1.29, 1.82) is 0 Å². The fraction of sp³-hybridized carbons (Fsp3) is 0.500. The quantitative estimate of drug-likeness (QED) is 0.101. The van der Waals surface area contributed by atoms with Gasteiger partial charge in [-0.05, 0) is 0 Å². The maximum atomic E-state index is 12.4. The molecule has 4 unspecified atom stereocenters. The Balaban J connectivity index is 1.90. The second kappa shape index (κ2) is 12.7. The summed E-state index contributed by atoms with van der Waals surface area (Å²) in [6.07, 6.45) is -6.46. The topological polar surface area (TPSA) is 419 Å². The third-order valence-corrected chi connectivity index (χ3v) is 12.1. The zero-order valence-corrected chi connectivity index (χ0v) is 25.4. The molecule has 1 fully saturated rings. The summed E-state index contributed by atoms with van der Waals surface area (Å²) in [7, 11) is -35.4. The van der Waals surface area contributed by atoms with Crippen molar-refractivity contribution in [2.24, 2.45) is 0 Å². The average molecular weight is 747 g/mol. The SMILES string of the molecule is Nc1ncnc2c1ncn2[C@@H]1O[C@H](COP(=O)(O)OP(=O)(O)OP(=O)(O)O)[C@@H](OP(=O)(O)OP(=O)(O)OP(=O)(O)O)[C@H]1O. The van der Waals surface area contributed by atoms with Gasteiger partial charge in [0.2, 0.25) is 0 Å². The summed E-state index contributed by atoms with van der Waals surface area (Å²) in [4.78, 5) is 84.3. The van der Waals surface area contributed by atoms with Crippen LogP contribution < -0.4 is 5.73 Å². The fourth-order valence-corrected chi connectivity index (χ4v) is 9.45. The molecule has 43 heavy (non-hydrogen) atoms. The monoisotopic (exact) mass is 747 g/mol. The normalized spacial score (nSPS) is 27.3. The van der Waals surface area contributed by atoms with Gasteiger partial charge in [0, 0.05) is 0 Å². The van der Waals surface area contributed by atoms with Crippen molar-refractivity contribution in [3.63, 3.8) is 0 Å². The van der Waals surface area contributed by atoms with Gasteiger partial charge in [-0.3, -0.25) is 13.6 Å². The number of phosphoric acid groups is 6. The third-order valence-electron chi connectivity index (χ3n) is 4.46. The number of nitrogens with zero attached hydrogens (tertiary/aromatic N) is 4. The summed E-state index contributed by atoms with van der Waals surface area (Å²) in [5.41, 5.74) is 5.48. The Morgan fingerprint density at radius 3 is 1.86 bits per heavy atom. The number of aromatic nitrogens is 4. The molecular weight excluding hydrogens is 728 g/mol. The van der Waals surface area contributed by atoms with Crippen molar-refractivity contribution >= 4 is 63.9 Å². The summed E-state index contributed by atoms with van der Waals surface area (Å²) in [6, 6.07) is 0. The van der Waals surface area contributed by atoms with Crippen LogP contribution in [0.15, 0.2) is 12.7 Å². The molecule has 0 radical (unpaired) electrons. The number of rotatable bonds is 14. The molecule has 8 atom stereocenters. The van der Waals surface area contributed by atoms with E-state index in [1.807, 2.05) is 0 Å². The second-order valence-corrected chi connectivity index (χ2v) is 16.5. The first-order chi connectivity index (χ1) is 19.3. The lowest BCUT2D eigenvalue weighted by Gasteiger charge is -2.24. The molecule has 0 saturated carbocycles. The molecule has 1 aliphatic heterocycles. The lowest BCUT2D eigenvalue weighted by molar-refractivity contribution is -0.0501. The van der Waals surface area contributed by atoms with E-state index in [9.17, 15) is 52.1 Å². The molecule has 0 amide bonds. The maximum absolute atomic E-state index is 12.4. The Morgan fingerprint density at radius 2 is 1.33 bits per heavy atom. The highest BCUT2D eigenvalue weighted by Gasteiger charge is 2.52. The first-order valence-corrected chi connectivity index (χ1v) is 19.2. The van der Waals surface area contributed by atoms with Crippen molar-refractivity contribution in [2.75, 3.05) is 12.3 Å². The van der Waals surface area contributed by atoms with E-state index in [2.05, 4.69) is 41.2 Å². The van der Waals surface area contributed by atoms with Gasteiger partial charge in [0.05, 0.1) is 12.9 Å². The van der Waals surface area contributed by atoms with Crippen LogP contribution in [-0.2, 0) is 58.4 Å². The first-order valence-electron chi connectivity index (χ1n) is 10.2. The molecule has 2 aromatic rings. The van der Waals surface area contributed by atoms with E-state index in [4.69, 9.17) is 30.0 Å². The Hall–Kier alpha value is -0.910. The Morgan fingerprint density at radius 1 is 0.791 bits per heavy atom. The zero-order valence-electron chi connectivity index (χ0n) is 20.1. The number of aliphatic hydroxyl groups excluding tert-OH is 1. The highest BCUT2D eigenvalue weighted by atomic mass is 31.3. The molecule has 246 valence electrons. The van der Waals surface area contributed by atoms with Crippen molar-refractivity contribution in [3.05, 3.63) is 12.7 Å². The van der Waals surface area contributed by atoms with E-state index in [0.29, 0.717) is 0 Å². The summed E-state index contributed by atoms with van der Waals surface area (Å²) in [6.45, 7) is -1.42. The van der Waals surface area contributed by atoms with Crippen LogP contribution >= 0.6 is 46.9 Å². The molecule has 1 aliphatic rings. The largest absolute Gasteiger partial charge is 0.490 e. The van der Waals surface area contributed by atoms with E-state index in [1.165, 1.54) is 0 Å². The number of nitrogen functional groups attached to an aromatic ring is 1. The molecular formula is C10H19N5O22P6. The number of hydrogen-bond acceptors (Lipinski definition) is 18. The van der Waals surface area contributed by atoms with Gasteiger partial charge in [-0.15, -0.1) is 0 Å². The van der Waals surface area contributed by atoms with Gasteiger partial charge in [0.15, 0.2) is 17.7 Å².